The van der Waals surface area contributed by atoms with E-state index in [0.717, 1.165) is 0 Å². The molecule has 2 aromatic rings. The average molecular weight is 281 g/mol. The summed E-state index contributed by atoms with van der Waals surface area (Å²) < 4.78 is 25.7. The molecule has 2 rings (SSSR count). The number of aromatic amines is 1. The molecule has 1 aromatic heterocycles. The number of H-pyrrole nitrogens is 1. The number of aromatic nitrogens is 3. The van der Waals surface area contributed by atoms with E-state index in [-0.39, 0.29) is 11.4 Å². The molecular formula is C11H15N5O2S. The molecule has 1 aromatic carbocycles. The van der Waals surface area contributed by atoms with Crippen LogP contribution < -0.4 is 5.73 Å². The Morgan fingerprint density at radius 1 is 1.32 bits per heavy atom. The van der Waals surface area contributed by atoms with Gasteiger partial charge in [-0.3, -0.25) is 5.10 Å². The molecule has 0 radical (unpaired) electrons. The molecule has 0 spiro atoms. The minimum Gasteiger partial charge on any atom is -0.399 e. The van der Waals surface area contributed by atoms with Gasteiger partial charge in [0.05, 0.1) is 11.4 Å². The van der Waals surface area contributed by atoms with E-state index in [0.29, 0.717) is 17.3 Å². The van der Waals surface area contributed by atoms with E-state index in [1.54, 1.807) is 19.1 Å². The van der Waals surface area contributed by atoms with Crippen molar-refractivity contribution < 1.29 is 8.42 Å². The second-order valence-corrected chi connectivity index (χ2v) is 6.21. The van der Waals surface area contributed by atoms with Crippen molar-refractivity contribution in [1.82, 2.24) is 19.5 Å². The monoisotopic (exact) mass is 281 g/mol. The van der Waals surface area contributed by atoms with Crippen LogP contribution in [0.4, 0.5) is 5.69 Å². The Labute approximate surface area is 111 Å². The van der Waals surface area contributed by atoms with Crippen molar-refractivity contribution in [1.29, 1.82) is 0 Å². The quantitative estimate of drug-likeness (QED) is 0.795. The summed E-state index contributed by atoms with van der Waals surface area (Å²) in [5.41, 5.74) is 6.06. The first-order chi connectivity index (χ1) is 8.89. The summed E-state index contributed by atoms with van der Waals surface area (Å²) >= 11 is 0. The van der Waals surface area contributed by atoms with Gasteiger partial charge in [0, 0.05) is 12.7 Å². The Hall–Kier alpha value is -1.93. The second kappa shape index (κ2) is 4.98. The highest BCUT2D eigenvalue weighted by atomic mass is 32.2. The number of hydrogen-bond acceptors (Lipinski definition) is 5. The van der Waals surface area contributed by atoms with Gasteiger partial charge < -0.3 is 5.73 Å². The molecule has 0 saturated heterocycles. The lowest BCUT2D eigenvalue weighted by molar-refractivity contribution is 0.457. The van der Waals surface area contributed by atoms with Gasteiger partial charge in [-0.2, -0.15) is 9.40 Å². The Kier molecular flexibility index (Phi) is 3.54. The first kappa shape index (κ1) is 13.5. The zero-order valence-electron chi connectivity index (χ0n) is 10.7. The van der Waals surface area contributed by atoms with Crippen LogP contribution in [0.5, 0.6) is 0 Å². The van der Waals surface area contributed by atoms with E-state index < -0.39 is 10.0 Å². The molecule has 19 heavy (non-hydrogen) atoms. The predicted octanol–water partition coefficient (Wildman–Crippen LogP) is 0.516. The number of aryl methyl sites for hydroxylation is 1. The lowest BCUT2D eigenvalue weighted by Gasteiger charge is -2.15. The molecule has 0 aliphatic heterocycles. The molecule has 0 saturated carbocycles. The van der Waals surface area contributed by atoms with Crippen molar-refractivity contribution in [3.05, 3.63) is 35.9 Å². The van der Waals surface area contributed by atoms with Gasteiger partial charge in [-0.05, 0) is 31.2 Å². The number of nitrogen functional groups attached to an aromatic ring is 1. The third-order valence-corrected chi connectivity index (χ3v) is 4.41. The van der Waals surface area contributed by atoms with Crippen LogP contribution in [0.25, 0.3) is 0 Å². The SMILES string of the molecule is Cc1nc(CN(C)S(=O)(=O)c2ccc(N)cc2)n[nH]1. The molecule has 0 unspecified atom stereocenters. The molecule has 8 heteroatoms. The lowest BCUT2D eigenvalue weighted by atomic mass is 10.3. The number of sulfonamides is 1. The maximum atomic E-state index is 12.3. The highest BCUT2D eigenvalue weighted by molar-refractivity contribution is 7.89. The van der Waals surface area contributed by atoms with Crippen LogP contribution in [-0.2, 0) is 16.6 Å². The summed E-state index contributed by atoms with van der Waals surface area (Å²) in [4.78, 5) is 4.27. The normalized spacial score (nSPS) is 11.9. The van der Waals surface area contributed by atoms with E-state index in [1.165, 1.54) is 23.5 Å². The number of nitrogens with zero attached hydrogens (tertiary/aromatic N) is 3. The van der Waals surface area contributed by atoms with Crippen LogP contribution in [0, 0.1) is 6.92 Å². The van der Waals surface area contributed by atoms with E-state index in [4.69, 9.17) is 5.73 Å². The second-order valence-electron chi connectivity index (χ2n) is 4.17. The molecule has 0 aliphatic carbocycles. The topological polar surface area (TPSA) is 105 Å². The van der Waals surface area contributed by atoms with Gasteiger partial charge in [0.15, 0.2) is 5.82 Å². The zero-order valence-corrected chi connectivity index (χ0v) is 11.5. The van der Waals surface area contributed by atoms with Gasteiger partial charge in [0.1, 0.15) is 5.82 Å². The van der Waals surface area contributed by atoms with E-state index in [9.17, 15) is 8.42 Å². The molecule has 0 fully saturated rings. The standard InChI is InChI=1S/C11H15N5O2S/c1-8-13-11(15-14-8)7-16(2)19(17,18)10-5-3-9(12)4-6-10/h3-6H,7,12H2,1-2H3,(H,13,14,15). The number of hydrogen-bond donors (Lipinski definition) is 2. The first-order valence-corrected chi connectivity index (χ1v) is 7.03. The summed E-state index contributed by atoms with van der Waals surface area (Å²) in [7, 11) is -2.08. The largest absolute Gasteiger partial charge is 0.399 e. The summed E-state index contributed by atoms with van der Waals surface area (Å²) in [6, 6.07) is 6.06. The number of nitrogens with two attached hydrogens (primary N) is 1. The van der Waals surface area contributed by atoms with Crippen molar-refractivity contribution in [3.63, 3.8) is 0 Å². The summed E-state index contributed by atoms with van der Waals surface area (Å²) in [6.45, 7) is 1.86. The highest BCUT2D eigenvalue weighted by Gasteiger charge is 2.21. The van der Waals surface area contributed by atoms with E-state index in [1.807, 2.05) is 0 Å². The van der Waals surface area contributed by atoms with Gasteiger partial charge in [0.2, 0.25) is 10.0 Å². The molecule has 0 aliphatic rings. The third kappa shape index (κ3) is 2.91. The minimum atomic E-state index is -3.56. The van der Waals surface area contributed by atoms with Crippen molar-refractivity contribution in [2.45, 2.75) is 18.4 Å². The van der Waals surface area contributed by atoms with Crippen molar-refractivity contribution in [3.8, 4) is 0 Å². The van der Waals surface area contributed by atoms with Crippen molar-refractivity contribution >= 4 is 15.7 Å². The Morgan fingerprint density at radius 2 is 1.95 bits per heavy atom. The molecule has 102 valence electrons. The van der Waals surface area contributed by atoms with Crippen LogP contribution in [0.2, 0.25) is 0 Å². The summed E-state index contributed by atoms with van der Waals surface area (Å²) in [5, 5.41) is 6.59. The number of anilines is 1. The number of nitrogens with one attached hydrogen (secondary N) is 1. The Bertz CT molecular complexity index is 663. The maximum absolute atomic E-state index is 12.3. The van der Waals surface area contributed by atoms with E-state index >= 15 is 0 Å². The number of rotatable bonds is 4. The van der Waals surface area contributed by atoms with Crippen molar-refractivity contribution in [2.24, 2.45) is 0 Å². The smallest absolute Gasteiger partial charge is 0.243 e. The van der Waals surface area contributed by atoms with Gasteiger partial charge in [-0.25, -0.2) is 13.4 Å². The lowest BCUT2D eigenvalue weighted by Crippen LogP contribution is -2.27. The molecule has 7 nitrogen and oxygen atoms in total. The van der Waals surface area contributed by atoms with Crippen LogP contribution in [0.15, 0.2) is 29.2 Å². The van der Waals surface area contributed by atoms with Gasteiger partial charge in [-0.15, -0.1) is 0 Å². The van der Waals surface area contributed by atoms with E-state index in [2.05, 4.69) is 15.2 Å². The summed E-state index contributed by atoms with van der Waals surface area (Å²) in [5.74, 6) is 1.08. The molecule has 1 heterocycles. The van der Waals surface area contributed by atoms with Gasteiger partial charge >= 0.3 is 0 Å². The van der Waals surface area contributed by atoms with Crippen LogP contribution >= 0.6 is 0 Å². The summed E-state index contributed by atoms with van der Waals surface area (Å²) in [6.07, 6.45) is 0. The fourth-order valence-electron chi connectivity index (χ4n) is 1.56. The minimum absolute atomic E-state index is 0.108. The van der Waals surface area contributed by atoms with Crippen molar-refractivity contribution in [2.75, 3.05) is 12.8 Å². The van der Waals surface area contributed by atoms with Gasteiger partial charge in [0.25, 0.3) is 0 Å². The molecule has 3 N–H and O–H groups in total. The maximum Gasteiger partial charge on any atom is 0.243 e. The number of benzene rings is 1. The Morgan fingerprint density at radius 3 is 2.47 bits per heavy atom. The Balaban J connectivity index is 2.21. The van der Waals surface area contributed by atoms with Gasteiger partial charge in [-0.1, -0.05) is 0 Å². The highest BCUT2D eigenvalue weighted by Crippen LogP contribution is 2.17. The molecular weight excluding hydrogens is 266 g/mol. The zero-order chi connectivity index (χ0) is 14.0. The average Bonchev–Trinajstić information content (AvgIpc) is 2.75. The van der Waals surface area contributed by atoms with Crippen LogP contribution in [-0.4, -0.2) is 35.0 Å². The molecule has 0 atom stereocenters. The fraction of sp³-hybridized carbons (Fsp3) is 0.273. The fourth-order valence-corrected chi connectivity index (χ4v) is 2.69. The first-order valence-electron chi connectivity index (χ1n) is 5.59. The third-order valence-electron chi connectivity index (χ3n) is 2.60. The molecule has 0 amide bonds. The predicted molar refractivity (Wildman–Crippen MR) is 70.6 cm³/mol. The van der Waals surface area contributed by atoms with Crippen LogP contribution in [0.3, 0.4) is 0 Å². The molecule has 0 bridgehead atoms. The van der Waals surface area contributed by atoms with Crippen LogP contribution in [0.1, 0.15) is 11.6 Å².